The van der Waals surface area contributed by atoms with E-state index in [1.54, 1.807) is 41.3 Å². The summed E-state index contributed by atoms with van der Waals surface area (Å²) in [5.74, 6) is -0.130. The standard InChI is InChI=1S/C30H38N2O5/c1-7-18-36-24-13-10-22(11-14-24)27-26(29(34)30(35)32(27)17-16-31(8-2)9-3)28(33)23-12-15-25(21(6)19-23)37-20(4)5/h7,10-15,19-20,27,33H,1,8-9,16-18H2,2-6H3/b28-26+. The Labute approximate surface area is 220 Å². The van der Waals surface area contributed by atoms with Gasteiger partial charge in [-0.05, 0) is 75.3 Å². The second-order valence-corrected chi connectivity index (χ2v) is 9.33. The SMILES string of the molecule is C=CCOc1ccc(C2/C(=C(\O)c3ccc(OC(C)C)c(C)c3)C(=O)C(=O)N2CCN(CC)CC)cc1. The lowest BCUT2D eigenvalue weighted by Gasteiger charge is -2.28. The van der Waals surface area contributed by atoms with E-state index in [1.807, 2.05) is 32.9 Å². The van der Waals surface area contributed by atoms with Crippen molar-refractivity contribution < 1.29 is 24.2 Å². The zero-order valence-corrected chi connectivity index (χ0v) is 22.5. The molecule has 0 radical (unpaired) electrons. The van der Waals surface area contributed by atoms with E-state index in [4.69, 9.17) is 9.47 Å². The fourth-order valence-electron chi connectivity index (χ4n) is 4.49. The van der Waals surface area contributed by atoms with Gasteiger partial charge in [-0.25, -0.2) is 0 Å². The van der Waals surface area contributed by atoms with Gasteiger partial charge in [0.25, 0.3) is 11.7 Å². The van der Waals surface area contributed by atoms with Gasteiger partial charge in [-0.3, -0.25) is 9.59 Å². The van der Waals surface area contributed by atoms with E-state index in [9.17, 15) is 14.7 Å². The number of aliphatic hydroxyl groups excluding tert-OH is 1. The number of nitrogens with zero attached hydrogens (tertiary/aromatic N) is 2. The van der Waals surface area contributed by atoms with Crippen molar-refractivity contribution in [3.05, 3.63) is 77.4 Å². The second kappa shape index (κ2) is 12.6. The Balaban J connectivity index is 2.07. The molecule has 7 heteroatoms. The first-order valence-electron chi connectivity index (χ1n) is 12.8. The zero-order chi connectivity index (χ0) is 27.1. The van der Waals surface area contributed by atoms with Gasteiger partial charge in [-0.2, -0.15) is 0 Å². The van der Waals surface area contributed by atoms with Crippen LogP contribution in [0.2, 0.25) is 0 Å². The molecule has 1 N–H and O–H groups in total. The molecule has 1 atom stereocenters. The van der Waals surface area contributed by atoms with Gasteiger partial charge in [0, 0.05) is 18.7 Å². The third-order valence-electron chi connectivity index (χ3n) is 6.47. The van der Waals surface area contributed by atoms with Crippen LogP contribution in [0.4, 0.5) is 0 Å². The summed E-state index contributed by atoms with van der Waals surface area (Å²) in [7, 11) is 0. The van der Waals surface area contributed by atoms with Gasteiger partial charge in [-0.15, -0.1) is 0 Å². The van der Waals surface area contributed by atoms with Gasteiger partial charge in [-0.1, -0.05) is 38.6 Å². The zero-order valence-electron chi connectivity index (χ0n) is 22.5. The second-order valence-electron chi connectivity index (χ2n) is 9.33. The van der Waals surface area contributed by atoms with Gasteiger partial charge in [0.15, 0.2) is 0 Å². The van der Waals surface area contributed by atoms with Crippen LogP contribution in [0, 0.1) is 6.92 Å². The molecule has 0 aliphatic carbocycles. The molecule has 2 aromatic carbocycles. The maximum atomic E-state index is 13.3. The average molecular weight is 507 g/mol. The number of hydrogen-bond acceptors (Lipinski definition) is 6. The molecule has 37 heavy (non-hydrogen) atoms. The number of carbonyl (C=O) groups excluding carboxylic acids is 2. The first-order chi connectivity index (χ1) is 17.7. The van der Waals surface area contributed by atoms with Gasteiger partial charge in [0.05, 0.1) is 17.7 Å². The number of likely N-dealkylation sites (N-methyl/N-ethyl adjacent to an activating group) is 1. The lowest BCUT2D eigenvalue weighted by molar-refractivity contribution is -0.140. The lowest BCUT2D eigenvalue weighted by atomic mass is 9.94. The topological polar surface area (TPSA) is 79.3 Å². The monoisotopic (exact) mass is 506 g/mol. The molecule has 3 rings (SSSR count). The van der Waals surface area contributed by atoms with Crippen molar-refractivity contribution in [1.29, 1.82) is 0 Å². The number of amides is 1. The van der Waals surface area contributed by atoms with Crippen molar-refractivity contribution in [3.8, 4) is 11.5 Å². The molecule has 1 aliphatic heterocycles. The molecule has 1 amide bonds. The van der Waals surface area contributed by atoms with E-state index in [-0.39, 0.29) is 17.4 Å². The lowest BCUT2D eigenvalue weighted by Crippen LogP contribution is -2.38. The average Bonchev–Trinajstić information content (AvgIpc) is 3.14. The summed E-state index contributed by atoms with van der Waals surface area (Å²) in [6.07, 6.45) is 1.67. The molecule has 0 spiro atoms. The molecule has 1 unspecified atom stereocenters. The summed E-state index contributed by atoms with van der Waals surface area (Å²) in [5, 5.41) is 11.4. The molecule has 0 saturated carbocycles. The number of ether oxygens (including phenoxy) is 2. The maximum absolute atomic E-state index is 13.3. The van der Waals surface area contributed by atoms with Crippen molar-refractivity contribution in [2.24, 2.45) is 0 Å². The largest absolute Gasteiger partial charge is 0.507 e. The van der Waals surface area contributed by atoms with E-state index in [1.165, 1.54) is 0 Å². The molecule has 7 nitrogen and oxygen atoms in total. The molecule has 1 heterocycles. The minimum atomic E-state index is -0.712. The van der Waals surface area contributed by atoms with E-state index in [2.05, 4.69) is 25.3 Å². The van der Waals surface area contributed by atoms with Crippen LogP contribution in [0.25, 0.3) is 5.76 Å². The molecule has 0 bridgehead atoms. The Hall–Kier alpha value is -3.58. The normalized spacial score (nSPS) is 17.1. The Kier molecular flexibility index (Phi) is 9.53. The summed E-state index contributed by atoms with van der Waals surface area (Å²) in [4.78, 5) is 30.3. The highest BCUT2D eigenvalue weighted by Crippen LogP contribution is 2.40. The Bertz CT molecular complexity index is 1150. The molecular weight excluding hydrogens is 468 g/mol. The highest BCUT2D eigenvalue weighted by atomic mass is 16.5. The van der Waals surface area contributed by atoms with E-state index >= 15 is 0 Å². The van der Waals surface area contributed by atoms with Gasteiger partial charge in [0.1, 0.15) is 23.9 Å². The van der Waals surface area contributed by atoms with Crippen LogP contribution in [-0.4, -0.2) is 65.5 Å². The van der Waals surface area contributed by atoms with Crippen LogP contribution in [0.5, 0.6) is 11.5 Å². The van der Waals surface area contributed by atoms with E-state index < -0.39 is 17.7 Å². The molecule has 0 aromatic heterocycles. The van der Waals surface area contributed by atoms with Crippen molar-refractivity contribution in [1.82, 2.24) is 9.80 Å². The number of hydrogen-bond donors (Lipinski definition) is 1. The van der Waals surface area contributed by atoms with Crippen molar-refractivity contribution in [2.45, 2.75) is 46.8 Å². The highest BCUT2D eigenvalue weighted by Gasteiger charge is 2.46. The maximum Gasteiger partial charge on any atom is 0.295 e. The van der Waals surface area contributed by atoms with Gasteiger partial charge in [0.2, 0.25) is 0 Å². The van der Waals surface area contributed by atoms with Crippen LogP contribution in [0.15, 0.2) is 60.7 Å². The molecular formula is C30H38N2O5. The number of rotatable bonds is 12. The Morgan fingerprint density at radius 2 is 1.81 bits per heavy atom. The summed E-state index contributed by atoms with van der Waals surface area (Å²) in [6, 6.07) is 11.8. The van der Waals surface area contributed by atoms with Crippen LogP contribution >= 0.6 is 0 Å². The minimum Gasteiger partial charge on any atom is -0.507 e. The fraction of sp³-hybridized carbons (Fsp3) is 0.400. The van der Waals surface area contributed by atoms with Crippen LogP contribution in [0.3, 0.4) is 0 Å². The third-order valence-corrected chi connectivity index (χ3v) is 6.47. The number of Topliss-reactive ketones (excluding diaryl/α,β-unsaturated/α-hetero) is 1. The number of likely N-dealkylation sites (tertiary alicyclic amines) is 1. The fourth-order valence-corrected chi connectivity index (χ4v) is 4.49. The molecule has 198 valence electrons. The summed E-state index contributed by atoms with van der Waals surface area (Å²) < 4.78 is 11.4. The molecule has 1 saturated heterocycles. The summed E-state index contributed by atoms with van der Waals surface area (Å²) in [5.41, 5.74) is 2.10. The molecule has 1 fully saturated rings. The van der Waals surface area contributed by atoms with Crippen molar-refractivity contribution in [2.75, 3.05) is 32.8 Å². The van der Waals surface area contributed by atoms with Crippen LogP contribution in [0.1, 0.15) is 50.4 Å². The van der Waals surface area contributed by atoms with E-state index in [0.717, 1.165) is 24.2 Å². The number of benzene rings is 2. The molecule has 2 aromatic rings. The highest BCUT2D eigenvalue weighted by molar-refractivity contribution is 6.46. The molecule has 1 aliphatic rings. The predicted molar refractivity (Wildman–Crippen MR) is 146 cm³/mol. The summed E-state index contributed by atoms with van der Waals surface area (Å²) >= 11 is 0. The number of carbonyl (C=O) groups is 2. The first kappa shape index (κ1) is 28.0. The number of aliphatic hydroxyl groups is 1. The summed E-state index contributed by atoms with van der Waals surface area (Å²) in [6.45, 7) is 16.6. The number of aryl methyl sites for hydroxylation is 1. The predicted octanol–water partition coefficient (Wildman–Crippen LogP) is 5.11. The third kappa shape index (κ3) is 6.41. The number of ketones is 1. The van der Waals surface area contributed by atoms with E-state index in [0.29, 0.717) is 36.8 Å². The van der Waals surface area contributed by atoms with Crippen molar-refractivity contribution >= 4 is 17.4 Å². The Morgan fingerprint density at radius 1 is 1.14 bits per heavy atom. The quantitative estimate of drug-likeness (QED) is 0.187. The minimum absolute atomic E-state index is 0.00714. The van der Waals surface area contributed by atoms with Gasteiger partial charge < -0.3 is 24.4 Å². The van der Waals surface area contributed by atoms with Crippen LogP contribution < -0.4 is 9.47 Å². The Morgan fingerprint density at radius 3 is 2.38 bits per heavy atom. The van der Waals surface area contributed by atoms with Crippen molar-refractivity contribution in [3.63, 3.8) is 0 Å². The van der Waals surface area contributed by atoms with Crippen LogP contribution in [-0.2, 0) is 9.59 Å². The smallest absolute Gasteiger partial charge is 0.295 e. The first-order valence-corrected chi connectivity index (χ1v) is 12.8. The van der Waals surface area contributed by atoms with Gasteiger partial charge >= 0.3 is 0 Å².